The van der Waals surface area contributed by atoms with Crippen molar-refractivity contribution < 1.29 is 18.4 Å². The van der Waals surface area contributed by atoms with E-state index in [1.54, 1.807) is 18.3 Å². The van der Waals surface area contributed by atoms with E-state index in [0.717, 1.165) is 10.5 Å². The van der Waals surface area contributed by atoms with Gasteiger partial charge in [0.25, 0.3) is 11.8 Å². The van der Waals surface area contributed by atoms with Crippen LogP contribution >= 0.6 is 0 Å². The smallest absolute Gasteiger partial charge is 0.268 e. The maximum atomic E-state index is 13.5. The Bertz CT molecular complexity index is 943. The standard InChI is InChI=1S/C21H20F2N4O2/c1-14(15-5-3-2-4-6-15)18-11-25-8-7-17(18)20(29)26-12-19(28)27-13-21(22,23)9-16(27)10-24/h2-8,11,14,16H,9,12-13H2,1H3,(H,26,29)/t14-,16?/m0/s1. The van der Waals surface area contributed by atoms with Crippen LogP contribution in [0, 0.1) is 11.3 Å². The van der Waals surface area contributed by atoms with Gasteiger partial charge in [-0.25, -0.2) is 8.78 Å². The lowest BCUT2D eigenvalue weighted by Crippen LogP contribution is -2.43. The molecule has 2 heterocycles. The predicted octanol–water partition coefficient (Wildman–Crippen LogP) is 2.72. The number of aromatic nitrogens is 1. The van der Waals surface area contributed by atoms with E-state index < -0.39 is 43.3 Å². The van der Waals surface area contributed by atoms with E-state index in [-0.39, 0.29) is 5.92 Å². The fourth-order valence-corrected chi connectivity index (χ4v) is 3.43. The molecular formula is C21H20F2N4O2. The number of carbonyl (C=O) groups is 2. The summed E-state index contributed by atoms with van der Waals surface area (Å²) in [6, 6.07) is 11.7. The van der Waals surface area contributed by atoms with E-state index >= 15 is 0 Å². The summed E-state index contributed by atoms with van der Waals surface area (Å²) >= 11 is 0. The van der Waals surface area contributed by atoms with E-state index in [1.165, 1.54) is 6.20 Å². The molecule has 1 aliphatic heterocycles. The van der Waals surface area contributed by atoms with Gasteiger partial charge in [-0.1, -0.05) is 37.3 Å². The third-order valence-corrected chi connectivity index (χ3v) is 5.00. The summed E-state index contributed by atoms with van der Waals surface area (Å²) in [4.78, 5) is 29.9. The lowest BCUT2D eigenvalue weighted by molar-refractivity contribution is -0.131. The van der Waals surface area contributed by atoms with E-state index in [9.17, 15) is 18.4 Å². The van der Waals surface area contributed by atoms with Gasteiger partial charge in [-0.2, -0.15) is 5.26 Å². The zero-order valence-electron chi connectivity index (χ0n) is 15.8. The Labute approximate surface area is 167 Å². The molecule has 0 bridgehead atoms. The molecule has 1 aromatic heterocycles. The first kappa shape index (κ1) is 20.4. The summed E-state index contributed by atoms with van der Waals surface area (Å²) in [7, 11) is 0. The van der Waals surface area contributed by atoms with Crippen molar-refractivity contribution in [1.29, 1.82) is 5.26 Å². The van der Waals surface area contributed by atoms with E-state index in [0.29, 0.717) is 11.1 Å². The molecule has 8 heteroatoms. The molecule has 1 fully saturated rings. The molecule has 2 aromatic rings. The third-order valence-electron chi connectivity index (χ3n) is 5.00. The molecule has 150 valence electrons. The molecule has 1 N–H and O–H groups in total. The number of pyridine rings is 1. The number of hydrogen-bond donors (Lipinski definition) is 1. The third kappa shape index (κ3) is 4.57. The first-order chi connectivity index (χ1) is 13.8. The lowest BCUT2D eigenvalue weighted by Gasteiger charge is -2.20. The Morgan fingerprint density at radius 2 is 2.07 bits per heavy atom. The van der Waals surface area contributed by atoms with Gasteiger partial charge >= 0.3 is 0 Å². The fraction of sp³-hybridized carbons (Fsp3) is 0.333. The molecule has 0 spiro atoms. The van der Waals surface area contributed by atoms with Gasteiger partial charge in [0.2, 0.25) is 5.91 Å². The summed E-state index contributed by atoms with van der Waals surface area (Å²) in [6.07, 6.45) is 2.39. The van der Waals surface area contributed by atoms with Crippen molar-refractivity contribution >= 4 is 11.8 Å². The van der Waals surface area contributed by atoms with Crippen molar-refractivity contribution in [1.82, 2.24) is 15.2 Å². The van der Waals surface area contributed by atoms with Crippen molar-refractivity contribution in [3.05, 3.63) is 65.5 Å². The second-order valence-electron chi connectivity index (χ2n) is 7.00. The number of rotatable bonds is 5. The number of likely N-dealkylation sites (tertiary alicyclic amines) is 1. The van der Waals surface area contributed by atoms with E-state index in [4.69, 9.17) is 5.26 Å². The van der Waals surface area contributed by atoms with E-state index in [2.05, 4.69) is 10.3 Å². The van der Waals surface area contributed by atoms with Crippen molar-refractivity contribution in [3.63, 3.8) is 0 Å². The molecule has 0 aliphatic carbocycles. The molecule has 29 heavy (non-hydrogen) atoms. The maximum Gasteiger partial charge on any atom is 0.268 e. The maximum absolute atomic E-state index is 13.5. The number of nitrogens with one attached hydrogen (secondary N) is 1. The summed E-state index contributed by atoms with van der Waals surface area (Å²) in [5, 5.41) is 11.5. The van der Waals surface area contributed by atoms with Crippen LogP contribution in [0.4, 0.5) is 8.78 Å². The van der Waals surface area contributed by atoms with Crippen molar-refractivity contribution in [2.45, 2.75) is 31.2 Å². The predicted molar refractivity (Wildman–Crippen MR) is 101 cm³/mol. The zero-order valence-corrected chi connectivity index (χ0v) is 15.8. The van der Waals surface area contributed by atoms with Gasteiger partial charge in [-0.05, 0) is 17.2 Å². The van der Waals surface area contributed by atoms with Crippen LogP contribution in [-0.2, 0) is 4.79 Å². The molecule has 6 nitrogen and oxygen atoms in total. The van der Waals surface area contributed by atoms with Crippen LogP contribution in [0.1, 0.15) is 40.7 Å². The quantitative estimate of drug-likeness (QED) is 0.839. The zero-order chi connectivity index (χ0) is 21.0. The van der Waals surface area contributed by atoms with Gasteiger partial charge in [0, 0.05) is 30.3 Å². The van der Waals surface area contributed by atoms with Gasteiger partial charge in [-0.15, -0.1) is 0 Å². The molecule has 2 amide bonds. The molecule has 1 aromatic carbocycles. The Morgan fingerprint density at radius 3 is 2.76 bits per heavy atom. The van der Waals surface area contributed by atoms with Crippen LogP contribution in [-0.4, -0.2) is 46.8 Å². The average Bonchev–Trinajstić information content (AvgIpc) is 3.06. The number of nitriles is 1. The van der Waals surface area contributed by atoms with Crippen LogP contribution in [0.5, 0.6) is 0 Å². The second kappa shape index (κ2) is 8.35. The minimum atomic E-state index is -3.09. The highest BCUT2D eigenvalue weighted by Gasteiger charge is 2.47. The monoisotopic (exact) mass is 398 g/mol. The summed E-state index contributed by atoms with van der Waals surface area (Å²) in [5.41, 5.74) is 2.04. The Kier molecular flexibility index (Phi) is 5.87. The summed E-state index contributed by atoms with van der Waals surface area (Å²) in [5.74, 6) is -4.42. The Morgan fingerprint density at radius 1 is 1.34 bits per heavy atom. The highest BCUT2D eigenvalue weighted by molar-refractivity contribution is 5.98. The second-order valence-corrected chi connectivity index (χ2v) is 7.00. The highest BCUT2D eigenvalue weighted by atomic mass is 19.3. The fourth-order valence-electron chi connectivity index (χ4n) is 3.43. The van der Waals surface area contributed by atoms with Gasteiger partial charge < -0.3 is 10.2 Å². The van der Waals surface area contributed by atoms with Gasteiger partial charge in [0.05, 0.1) is 19.2 Å². The first-order valence-corrected chi connectivity index (χ1v) is 9.16. The number of benzene rings is 1. The normalized spacial score (nSPS) is 18.7. The van der Waals surface area contributed by atoms with Crippen LogP contribution in [0.25, 0.3) is 0 Å². The molecule has 0 radical (unpaired) electrons. The van der Waals surface area contributed by atoms with Crippen LogP contribution in [0.15, 0.2) is 48.8 Å². The number of carbonyl (C=O) groups excluding carboxylic acids is 2. The minimum Gasteiger partial charge on any atom is -0.343 e. The lowest BCUT2D eigenvalue weighted by atomic mass is 9.91. The summed E-state index contributed by atoms with van der Waals surface area (Å²) in [6.45, 7) is 0.665. The number of nitrogens with zero attached hydrogens (tertiary/aromatic N) is 3. The average molecular weight is 398 g/mol. The molecule has 1 saturated heterocycles. The topological polar surface area (TPSA) is 86.1 Å². The minimum absolute atomic E-state index is 0.110. The van der Waals surface area contributed by atoms with Crippen molar-refractivity contribution in [2.24, 2.45) is 0 Å². The van der Waals surface area contributed by atoms with Crippen LogP contribution in [0.3, 0.4) is 0 Å². The Balaban J connectivity index is 1.71. The molecule has 2 atom stereocenters. The molecule has 1 unspecified atom stereocenters. The largest absolute Gasteiger partial charge is 0.343 e. The molecule has 0 saturated carbocycles. The van der Waals surface area contributed by atoms with Crippen molar-refractivity contribution in [3.8, 4) is 6.07 Å². The highest BCUT2D eigenvalue weighted by Crippen LogP contribution is 2.31. The van der Waals surface area contributed by atoms with Crippen LogP contribution < -0.4 is 5.32 Å². The van der Waals surface area contributed by atoms with Gasteiger partial charge in [0.15, 0.2) is 0 Å². The SMILES string of the molecule is C[C@@H](c1ccccc1)c1cnccc1C(=O)NCC(=O)N1CC(F)(F)CC1C#N. The number of amides is 2. The van der Waals surface area contributed by atoms with E-state index in [1.807, 2.05) is 37.3 Å². The number of halogens is 2. The van der Waals surface area contributed by atoms with Gasteiger partial charge in [-0.3, -0.25) is 14.6 Å². The molecule has 3 rings (SSSR count). The number of hydrogen-bond acceptors (Lipinski definition) is 4. The molecular weight excluding hydrogens is 378 g/mol. The van der Waals surface area contributed by atoms with Gasteiger partial charge in [0.1, 0.15) is 6.04 Å². The van der Waals surface area contributed by atoms with Crippen molar-refractivity contribution in [2.75, 3.05) is 13.1 Å². The Hall–Kier alpha value is -3.34. The molecule has 1 aliphatic rings. The van der Waals surface area contributed by atoms with Crippen LogP contribution in [0.2, 0.25) is 0 Å². The first-order valence-electron chi connectivity index (χ1n) is 9.16. The summed E-state index contributed by atoms with van der Waals surface area (Å²) < 4.78 is 27.0. The number of alkyl halides is 2.